The van der Waals surface area contributed by atoms with Crippen LogP contribution >= 0.6 is 11.6 Å². The monoisotopic (exact) mass is 505 g/mol. The van der Waals surface area contributed by atoms with Gasteiger partial charge in [-0.05, 0) is 43.3 Å². The first kappa shape index (κ1) is 23.8. The molecule has 36 heavy (non-hydrogen) atoms. The molecule has 3 amide bonds. The maximum absolute atomic E-state index is 13.9. The molecule has 3 atom stereocenters. The van der Waals surface area contributed by atoms with Gasteiger partial charge in [-0.3, -0.25) is 19.4 Å². The zero-order chi connectivity index (χ0) is 25.6. The normalized spacial score (nSPS) is 21.1. The molecule has 2 aliphatic heterocycles. The topological polar surface area (TPSA) is 88.2 Å². The van der Waals surface area contributed by atoms with Crippen LogP contribution in [-0.4, -0.2) is 43.0 Å². The molecule has 2 saturated heterocycles. The van der Waals surface area contributed by atoms with Gasteiger partial charge in [0.2, 0.25) is 5.91 Å². The molecule has 2 aliphatic rings. The Morgan fingerprint density at radius 1 is 0.917 bits per heavy atom. The Morgan fingerprint density at radius 3 is 2.31 bits per heavy atom. The molecule has 3 aromatic rings. The van der Waals surface area contributed by atoms with E-state index in [9.17, 15) is 14.4 Å². The van der Waals surface area contributed by atoms with Crippen LogP contribution in [0.2, 0.25) is 5.02 Å². The first-order valence-electron chi connectivity index (χ1n) is 11.4. The Hall–Kier alpha value is -3.88. The second-order valence-electron chi connectivity index (χ2n) is 8.69. The Kier molecular flexibility index (Phi) is 6.15. The van der Waals surface area contributed by atoms with Gasteiger partial charge in [-0.25, -0.2) is 10.3 Å². The van der Waals surface area contributed by atoms with Gasteiger partial charge >= 0.3 is 0 Å². The van der Waals surface area contributed by atoms with Crippen LogP contribution in [0.1, 0.15) is 27.5 Å². The summed E-state index contributed by atoms with van der Waals surface area (Å²) in [6, 6.07) is 17.2. The molecule has 9 heteroatoms. The summed E-state index contributed by atoms with van der Waals surface area (Å²) in [6.07, 6.45) is 0. The van der Waals surface area contributed by atoms with Crippen LogP contribution < -0.4 is 19.8 Å². The lowest BCUT2D eigenvalue weighted by molar-refractivity contribution is -0.123. The number of rotatable bonds is 5. The van der Waals surface area contributed by atoms with E-state index in [4.69, 9.17) is 21.1 Å². The molecule has 0 saturated carbocycles. The molecule has 0 bridgehead atoms. The zero-order valence-electron chi connectivity index (χ0n) is 19.9. The average molecular weight is 506 g/mol. The average Bonchev–Trinajstić information content (AvgIpc) is 3.40. The van der Waals surface area contributed by atoms with Gasteiger partial charge in [0.15, 0.2) is 0 Å². The Bertz CT molecular complexity index is 1360. The lowest BCUT2D eigenvalue weighted by atomic mass is 9.90. The molecule has 3 unspecified atom stereocenters. The minimum atomic E-state index is -1.08. The molecule has 0 spiro atoms. The molecule has 0 aromatic heterocycles. The number of aryl methyl sites for hydroxylation is 1. The number of hydrogen-bond donors (Lipinski definition) is 1. The van der Waals surface area contributed by atoms with Gasteiger partial charge in [0.25, 0.3) is 11.8 Å². The minimum absolute atomic E-state index is 0.232. The van der Waals surface area contributed by atoms with Crippen molar-refractivity contribution < 1.29 is 23.9 Å². The molecule has 2 heterocycles. The van der Waals surface area contributed by atoms with Gasteiger partial charge in [-0.15, -0.1) is 0 Å². The van der Waals surface area contributed by atoms with Crippen molar-refractivity contribution in [3.05, 3.63) is 88.4 Å². The van der Waals surface area contributed by atoms with Crippen LogP contribution in [0.4, 0.5) is 5.69 Å². The number of nitrogens with one attached hydrogen (secondary N) is 1. The zero-order valence-corrected chi connectivity index (χ0v) is 20.7. The fourth-order valence-corrected chi connectivity index (χ4v) is 5.03. The predicted molar refractivity (Wildman–Crippen MR) is 134 cm³/mol. The van der Waals surface area contributed by atoms with E-state index in [1.54, 1.807) is 30.3 Å². The van der Waals surface area contributed by atoms with Crippen molar-refractivity contribution in [3.63, 3.8) is 0 Å². The lowest BCUT2D eigenvalue weighted by Crippen LogP contribution is -2.48. The summed E-state index contributed by atoms with van der Waals surface area (Å²) in [5.41, 5.74) is 5.43. The lowest BCUT2D eigenvalue weighted by Gasteiger charge is -2.26. The molecule has 3 aromatic carbocycles. The summed E-state index contributed by atoms with van der Waals surface area (Å²) in [7, 11) is 2.98. The van der Waals surface area contributed by atoms with Gasteiger partial charge in [0.1, 0.15) is 17.5 Å². The second kappa shape index (κ2) is 9.29. The molecule has 0 aliphatic carbocycles. The molecule has 0 radical (unpaired) electrons. The number of ether oxygens (including phenoxy) is 2. The highest BCUT2D eigenvalue weighted by molar-refractivity contribution is 6.32. The largest absolute Gasteiger partial charge is 0.496 e. The highest BCUT2D eigenvalue weighted by Crippen LogP contribution is 2.46. The van der Waals surface area contributed by atoms with E-state index >= 15 is 0 Å². The van der Waals surface area contributed by atoms with Crippen molar-refractivity contribution in [2.75, 3.05) is 19.1 Å². The van der Waals surface area contributed by atoms with E-state index in [1.165, 1.54) is 25.3 Å². The van der Waals surface area contributed by atoms with Crippen LogP contribution in [0.3, 0.4) is 0 Å². The molecule has 184 valence electrons. The van der Waals surface area contributed by atoms with Gasteiger partial charge in [-0.2, -0.15) is 0 Å². The maximum Gasteiger partial charge on any atom is 0.268 e. The number of methoxy groups -OCH3 is 2. The third kappa shape index (κ3) is 3.79. The van der Waals surface area contributed by atoms with Crippen molar-refractivity contribution in [2.24, 2.45) is 5.92 Å². The number of imide groups is 1. The summed E-state index contributed by atoms with van der Waals surface area (Å²) in [5, 5.41) is 1.61. The van der Waals surface area contributed by atoms with E-state index < -0.39 is 35.7 Å². The quantitative estimate of drug-likeness (QED) is 0.529. The van der Waals surface area contributed by atoms with E-state index in [1.807, 2.05) is 37.3 Å². The molecule has 8 nitrogen and oxygen atoms in total. The van der Waals surface area contributed by atoms with Crippen molar-refractivity contribution >= 4 is 35.0 Å². The van der Waals surface area contributed by atoms with Crippen molar-refractivity contribution in [3.8, 4) is 11.5 Å². The van der Waals surface area contributed by atoms with Crippen LogP contribution in [0, 0.1) is 12.8 Å². The number of halogens is 1. The van der Waals surface area contributed by atoms with Crippen LogP contribution in [0.15, 0.2) is 66.7 Å². The maximum atomic E-state index is 13.9. The van der Waals surface area contributed by atoms with Crippen molar-refractivity contribution in [1.29, 1.82) is 0 Å². The third-order valence-corrected chi connectivity index (χ3v) is 6.84. The summed E-state index contributed by atoms with van der Waals surface area (Å²) in [5.74, 6) is -1.46. The van der Waals surface area contributed by atoms with Crippen LogP contribution in [-0.2, 0) is 9.59 Å². The molecule has 2 fully saturated rings. The number of fused-ring (bicyclic) bond motifs is 1. The van der Waals surface area contributed by atoms with Gasteiger partial charge < -0.3 is 9.47 Å². The van der Waals surface area contributed by atoms with Crippen molar-refractivity contribution in [1.82, 2.24) is 10.4 Å². The van der Waals surface area contributed by atoms with E-state index in [-0.39, 0.29) is 5.69 Å². The first-order chi connectivity index (χ1) is 17.3. The Balaban J connectivity index is 1.63. The summed E-state index contributed by atoms with van der Waals surface area (Å²) < 4.78 is 10.9. The number of carbonyl (C=O) groups excluding carboxylic acids is 3. The van der Waals surface area contributed by atoms with Gasteiger partial charge in [0.05, 0.1) is 31.9 Å². The second-order valence-corrected chi connectivity index (χ2v) is 9.13. The fourth-order valence-electron chi connectivity index (χ4n) is 4.87. The standard InChI is InChI=1S/C27H24ClN3O5/c1-15-8-10-16(11-9-15)25(32)31-24-22(23(29-31)18-6-4-5-7-20(18)35-2)26(33)30(27(24)34)19-14-17(28)12-13-21(19)36-3/h4-14,22-24,29H,1-3H3. The number of hydrogen-bond acceptors (Lipinski definition) is 6. The number of benzene rings is 3. The molecule has 1 N–H and O–H groups in total. The highest BCUT2D eigenvalue weighted by atomic mass is 35.5. The Labute approximate surface area is 213 Å². The Morgan fingerprint density at radius 2 is 1.61 bits per heavy atom. The van der Waals surface area contributed by atoms with Gasteiger partial charge in [0, 0.05) is 16.1 Å². The summed E-state index contributed by atoms with van der Waals surface area (Å²) in [4.78, 5) is 42.4. The van der Waals surface area contributed by atoms with E-state index in [0.29, 0.717) is 27.6 Å². The third-order valence-electron chi connectivity index (χ3n) is 6.61. The highest BCUT2D eigenvalue weighted by Gasteiger charge is 2.61. The van der Waals surface area contributed by atoms with Crippen LogP contribution in [0.25, 0.3) is 0 Å². The number of carbonyl (C=O) groups is 3. The van der Waals surface area contributed by atoms with Gasteiger partial charge in [-0.1, -0.05) is 47.5 Å². The number of amides is 3. The number of hydrazine groups is 1. The molecular weight excluding hydrogens is 482 g/mol. The smallest absolute Gasteiger partial charge is 0.268 e. The first-order valence-corrected chi connectivity index (χ1v) is 11.7. The van der Waals surface area contributed by atoms with E-state index in [0.717, 1.165) is 10.5 Å². The van der Waals surface area contributed by atoms with Crippen molar-refractivity contribution in [2.45, 2.75) is 19.0 Å². The van der Waals surface area contributed by atoms with Crippen LogP contribution in [0.5, 0.6) is 11.5 Å². The predicted octanol–water partition coefficient (Wildman–Crippen LogP) is 3.93. The number of nitrogens with zero attached hydrogens (tertiary/aromatic N) is 2. The number of anilines is 1. The summed E-state index contributed by atoms with van der Waals surface area (Å²) >= 11 is 6.21. The summed E-state index contributed by atoms with van der Waals surface area (Å²) in [6.45, 7) is 1.92. The van der Waals surface area contributed by atoms with E-state index in [2.05, 4.69) is 5.43 Å². The molecular formula is C27H24ClN3O5. The fraction of sp³-hybridized carbons (Fsp3) is 0.222. The molecule has 5 rings (SSSR count). The SMILES string of the molecule is COc1ccccc1C1NN(C(=O)c2ccc(C)cc2)C2C(=O)N(c3cc(Cl)ccc3OC)C(=O)C12. The number of para-hydroxylation sites is 1. The minimum Gasteiger partial charge on any atom is -0.496 e.